The van der Waals surface area contributed by atoms with Gasteiger partial charge >= 0.3 is 5.97 Å². The smallest absolute Gasteiger partial charge is 0.335 e. The van der Waals surface area contributed by atoms with Crippen molar-refractivity contribution in [2.24, 2.45) is 0 Å². The second kappa shape index (κ2) is 3.19. The lowest BCUT2D eigenvalue weighted by Gasteiger charge is -2.04. The van der Waals surface area contributed by atoms with Crippen molar-refractivity contribution in [3.8, 4) is 0 Å². The number of rotatable bonds is 2. The summed E-state index contributed by atoms with van der Waals surface area (Å²) in [6.07, 6.45) is 8.23. The summed E-state index contributed by atoms with van der Waals surface area (Å²) in [4.78, 5) is 10.4. The summed E-state index contributed by atoms with van der Waals surface area (Å²) < 4.78 is 0. The molecule has 2 heteroatoms. The largest absolute Gasteiger partial charge is 0.478 e. The second-order valence-electron chi connectivity index (χ2n) is 2.33. The van der Waals surface area contributed by atoms with Gasteiger partial charge in [-0.25, -0.2) is 4.79 Å². The maximum atomic E-state index is 10.4. The summed E-state index contributed by atoms with van der Waals surface area (Å²) >= 11 is 0. The number of aliphatic carboxylic acids is 1. The maximum Gasteiger partial charge on any atom is 0.335 e. The van der Waals surface area contributed by atoms with Crippen LogP contribution in [-0.4, -0.2) is 11.1 Å². The number of carbonyl (C=O) groups is 1. The average Bonchev–Trinajstić information content (AvgIpc) is 2.05. The van der Waals surface area contributed by atoms with Gasteiger partial charge in [-0.15, -0.1) is 0 Å². The van der Waals surface area contributed by atoms with Gasteiger partial charge in [-0.1, -0.05) is 18.7 Å². The van der Waals surface area contributed by atoms with E-state index in [4.69, 9.17) is 5.11 Å². The maximum absolute atomic E-state index is 10.4. The molecule has 0 heterocycles. The van der Waals surface area contributed by atoms with Crippen LogP contribution in [0.2, 0.25) is 0 Å². The van der Waals surface area contributed by atoms with E-state index < -0.39 is 5.97 Å². The van der Waals surface area contributed by atoms with Crippen molar-refractivity contribution in [1.82, 2.24) is 0 Å². The molecule has 11 heavy (non-hydrogen) atoms. The molecule has 0 aromatic heterocycles. The van der Waals surface area contributed by atoms with E-state index >= 15 is 0 Å². The molecule has 1 aliphatic carbocycles. The second-order valence-corrected chi connectivity index (χ2v) is 2.33. The van der Waals surface area contributed by atoms with E-state index in [-0.39, 0.29) is 5.57 Å². The van der Waals surface area contributed by atoms with Crippen LogP contribution in [0.4, 0.5) is 0 Å². The zero-order chi connectivity index (χ0) is 8.27. The lowest BCUT2D eigenvalue weighted by Crippen LogP contribution is -2.01. The Bertz CT molecular complexity index is 246. The Morgan fingerprint density at radius 1 is 1.73 bits per heavy atom. The first-order valence-electron chi connectivity index (χ1n) is 3.41. The van der Waals surface area contributed by atoms with Crippen LogP contribution < -0.4 is 0 Å². The fourth-order valence-corrected chi connectivity index (χ4v) is 0.886. The van der Waals surface area contributed by atoms with Crippen molar-refractivity contribution >= 4 is 5.97 Å². The van der Waals surface area contributed by atoms with Crippen LogP contribution in [0.25, 0.3) is 0 Å². The Morgan fingerprint density at radius 3 is 2.91 bits per heavy atom. The van der Waals surface area contributed by atoms with Gasteiger partial charge in [0.15, 0.2) is 0 Å². The van der Waals surface area contributed by atoms with Crippen LogP contribution in [-0.2, 0) is 4.79 Å². The average molecular weight is 149 g/mol. The van der Waals surface area contributed by atoms with Crippen molar-refractivity contribution in [1.29, 1.82) is 0 Å². The van der Waals surface area contributed by atoms with E-state index in [1.807, 2.05) is 6.08 Å². The quantitative estimate of drug-likeness (QED) is 0.607. The third kappa shape index (κ3) is 1.80. The van der Waals surface area contributed by atoms with Crippen molar-refractivity contribution in [2.75, 3.05) is 0 Å². The molecule has 1 rings (SSSR count). The summed E-state index contributed by atoms with van der Waals surface area (Å²) in [6, 6.07) is 0. The Morgan fingerprint density at radius 2 is 2.45 bits per heavy atom. The number of carboxylic acids is 1. The molecule has 0 fully saturated rings. The van der Waals surface area contributed by atoms with E-state index in [1.165, 1.54) is 0 Å². The van der Waals surface area contributed by atoms with Gasteiger partial charge in [-0.3, -0.25) is 0 Å². The van der Waals surface area contributed by atoms with E-state index in [1.54, 1.807) is 6.08 Å². The molecule has 0 saturated heterocycles. The molecule has 1 N–H and O–H groups in total. The Kier molecular flexibility index (Phi) is 2.26. The van der Waals surface area contributed by atoms with Crippen molar-refractivity contribution in [3.05, 3.63) is 36.0 Å². The molecule has 0 aromatic carbocycles. The van der Waals surface area contributed by atoms with Gasteiger partial charge in [0, 0.05) is 0 Å². The molecule has 1 radical (unpaired) electrons. The Hall–Kier alpha value is -1.31. The minimum Gasteiger partial charge on any atom is -0.478 e. The molecular weight excluding hydrogens is 140 g/mol. The van der Waals surface area contributed by atoms with E-state index in [0.717, 1.165) is 12.8 Å². The lowest BCUT2D eigenvalue weighted by atomic mass is 10.0. The highest BCUT2D eigenvalue weighted by Gasteiger charge is 2.08. The summed E-state index contributed by atoms with van der Waals surface area (Å²) in [5, 5.41) is 8.55. The third-order valence-corrected chi connectivity index (χ3v) is 1.52. The summed E-state index contributed by atoms with van der Waals surface area (Å²) in [5.41, 5.74) is 0.834. The molecule has 0 bridgehead atoms. The predicted octanol–water partition coefficient (Wildman–Crippen LogP) is 1.71. The molecular formula is C9H9O2. The van der Waals surface area contributed by atoms with E-state index in [9.17, 15) is 4.79 Å². The molecule has 0 aliphatic heterocycles. The summed E-state index contributed by atoms with van der Waals surface area (Å²) in [6.45, 7) is 3.44. The zero-order valence-electron chi connectivity index (χ0n) is 6.13. The first kappa shape index (κ1) is 7.79. The summed E-state index contributed by atoms with van der Waals surface area (Å²) in [5.74, 6) is -0.962. The van der Waals surface area contributed by atoms with Crippen LogP contribution >= 0.6 is 0 Å². The fourth-order valence-electron chi connectivity index (χ4n) is 0.886. The number of hydrogen-bond donors (Lipinski definition) is 1. The number of hydrogen-bond acceptors (Lipinski definition) is 1. The van der Waals surface area contributed by atoms with Crippen LogP contribution in [0.1, 0.15) is 12.8 Å². The van der Waals surface area contributed by atoms with Crippen LogP contribution in [0.5, 0.6) is 0 Å². The Labute approximate surface area is 65.5 Å². The van der Waals surface area contributed by atoms with Crippen molar-refractivity contribution < 1.29 is 9.90 Å². The standard InChI is InChI=1S/C9H9O2/c1-7(9(10)11)8-5-3-2-4-6-8/h5-6H,1-3H2,(H,10,11). The number of allylic oxidation sites excluding steroid dienone is 3. The van der Waals surface area contributed by atoms with Crippen LogP contribution in [0.15, 0.2) is 29.9 Å². The molecule has 0 amide bonds. The lowest BCUT2D eigenvalue weighted by molar-refractivity contribution is -0.132. The van der Waals surface area contributed by atoms with Gasteiger partial charge in [-0.2, -0.15) is 0 Å². The van der Waals surface area contributed by atoms with Crippen molar-refractivity contribution in [3.63, 3.8) is 0 Å². The monoisotopic (exact) mass is 149 g/mol. The highest BCUT2D eigenvalue weighted by atomic mass is 16.4. The Balaban J connectivity index is 2.75. The molecule has 2 nitrogen and oxygen atoms in total. The SMILES string of the molecule is C=C(C(=O)O)C1=CCC[C]=C1. The normalized spacial score (nSPS) is 15.8. The van der Waals surface area contributed by atoms with Gasteiger partial charge in [0.1, 0.15) is 0 Å². The third-order valence-electron chi connectivity index (χ3n) is 1.52. The molecule has 1 aliphatic rings. The molecule has 0 saturated carbocycles. The molecule has 0 spiro atoms. The first-order chi connectivity index (χ1) is 5.22. The van der Waals surface area contributed by atoms with E-state index in [0.29, 0.717) is 5.57 Å². The first-order valence-corrected chi connectivity index (χ1v) is 3.41. The topological polar surface area (TPSA) is 37.3 Å². The van der Waals surface area contributed by atoms with Gasteiger partial charge in [0.2, 0.25) is 0 Å². The predicted molar refractivity (Wildman–Crippen MR) is 41.9 cm³/mol. The van der Waals surface area contributed by atoms with Crippen LogP contribution in [0, 0.1) is 6.08 Å². The summed E-state index contributed by atoms with van der Waals surface area (Å²) in [7, 11) is 0. The van der Waals surface area contributed by atoms with Crippen LogP contribution in [0.3, 0.4) is 0 Å². The minimum absolute atomic E-state index is 0.150. The molecule has 57 valence electrons. The van der Waals surface area contributed by atoms with Crippen molar-refractivity contribution in [2.45, 2.75) is 12.8 Å². The van der Waals surface area contributed by atoms with Gasteiger partial charge in [0.25, 0.3) is 0 Å². The van der Waals surface area contributed by atoms with Gasteiger partial charge in [-0.05, 0) is 24.5 Å². The fraction of sp³-hybridized carbons (Fsp3) is 0.222. The number of carboxylic acid groups (broad SMARTS) is 1. The molecule has 0 atom stereocenters. The van der Waals surface area contributed by atoms with E-state index in [2.05, 4.69) is 12.7 Å². The molecule has 0 unspecified atom stereocenters. The highest BCUT2D eigenvalue weighted by molar-refractivity contribution is 5.92. The minimum atomic E-state index is -0.962. The highest BCUT2D eigenvalue weighted by Crippen LogP contribution is 2.15. The zero-order valence-corrected chi connectivity index (χ0v) is 6.13. The van der Waals surface area contributed by atoms with Gasteiger partial charge in [0.05, 0.1) is 5.57 Å². The van der Waals surface area contributed by atoms with Gasteiger partial charge < -0.3 is 5.11 Å². The molecule has 0 aromatic rings.